The molecular formula is C45H64N7O18P3S-4. The van der Waals surface area contributed by atoms with Crippen molar-refractivity contribution >= 4 is 74.9 Å². The summed E-state index contributed by atoms with van der Waals surface area (Å²) in [5.74, 6) is 1.57. The Morgan fingerprint density at radius 3 is 2.47 bits per heavy atom. The van der Waals surface area contributed by atoms with Crippen LogP contribution in [-0.4, -0.2) is 109 Å². The Balaban J connectivity index is 0.779. The number of aromatic nitrogens is 4. The van der Waals surface area contributed by atoms with Crippen molar-refractivity contribution in [1.82, 2.24) is 30.2 Å². The lowest BCUT2D eigenvalue weighted by molar-refractivity contribution is -0.347. The van der Waals surface area contributed by atoms with Crippen LogP contribution in [0.3, 0.4) is 0 Å². The van der Waals surface area contributed by atoms with E-state index in [0.29, 0.717) is 48.2 Å². The summed E-state index contributed by atoms with van der Waals surface area (Å²) in [6.07, 6.45) is 6.21. The third kappa shape index (κ3) is 13.3. The number of hydrogen-bond acceptors (Lipinski definition) is 23. The van der Waals surface area contributed by atoms with Crippen LogP contribution in [0, 0.1) is 45.8 Å². The van der Waals surface area contributed by atoms with Gasteiger partial charge >= 0.3 is 0 Å². The van der Waals surface area contributed by atoms with Crippen LogP contribution in [0.1, 0.15) is 98.6 Å². The molecule has 412 valence electrons. The fourth-order valence-corrected chi connectivity index (χ4v) is 15.3. The zero-order chi connectivity index (χ0) is 54.2. The van der Waals surface area contributed by atoms with Crippen molar-refractivity contribution in [3.63, 3.8) is 0 Å². The minimum atomic E-state index is -5.94. The third-order valence-electron chi connectivity index (χ3n) is 15.8. The van der Waals surface area contributed by atoms with Gasteiger partial charge in [-0.25, -0.2) is 19.3 Å². The van der Waals surface area contributed by atoms with Crippen LogP contribution in [0.2, 0.25) is 0 Å². The lowest BCUT2D eigenvalue weighted by atomic mass is 9.48. The number of thioether (sulfide) groups is 1. The number of nitrogen functional groups attached to an aromatic ring is 1. The van der Waals surface area contributed by atoms with Crippen LogP contribution in [0.5, 0.6) is 0 Å². The Bertz CT molecular complexity index is 2650. The first kappa shape index (κ1) is 58.4. The van der Waals surface area contributed by atoms with Crippen LogP contribution in [-0.2, 0) is 55.5 Å². The molecule has 0 radical (unpaired) electrons. The highest BCUT2D eigenvalue weighted by atomic mass is 32.2. The van der Waals surface area contributed by atoms with Gasteiger partial charge < -0.3 is 69.0 Å². The summed E-state index contributed by atoms with van der Waals surface area (Å²) in [5, 5.41) is 26.7. The number of phosphoric ester groups is 3. The second-order valence-corrected chi connectivity index (χ2v) is 26.3. The molecule has 0 aromatic carbocycles. The number of amides is 2. The molecule has 1 aliphatic heterocycles. The molecule has 0 spiro atoms. The summed E-state index contributed by atoms with van der Waals surface area (Å²) in [6, 6.07) is 0. The Labute approximate surface area is 432 Å². The number of allylic oxidation sites excluding steroid dienone is 4. The van der Waals surface area contributed by atoms with Gasteiger partial charge in [0.1, 0.15) is 36.3 Å². The summed E-state index contributed by atoms with van der Waals surface area (Å²) in [5.41, 5.74) is 5.53. The fraction of sp³-hybridized carbons (Fsp3) is 0.711. The van der Waals surface area contributed by atoms with Crippen LogP contribution in [0.4, 0.5) is 5.82 Å². The number of imidazole rings is 1. The molecule has 74 heavy (non-hydrogen) atoms. The van der Waals surface area contributed by atoms with Gasteiger partial charge in [-0.15, -0.1) is 0 Å². The van der Waals surface area contributed by atoms with Crippen molar-refractivity contribution in [2.45, 2.75) is 123 Å². The Morgan fingerprint density at radius 1 is 1.01 bits per heavy atom. The van der Waals surface area contributed by atoms with Crippen molar-refractivity contribution in [2.24, 2.45) is 45.8 Å². The largest absolute Gasteiger partial charge is 0.790 e. The van der Waals surface area contributed by atoms with E-state index in [-0.39, 0.29) is 58.2 Å². The Morgan fingerprint density at radius 2 is 1.74 bits per heavy atom. The minimum Gasteiger partial charge on any atom is -0.790 e. The first-order chi connectivity index (χ1) is 34.5. The van der Waals surface area contributed by atoms with E-state index in [1.165, 1.54) is 25.8 Å². The number of ketones is 1. The minimum absolute atomic E-state index is 0.0219. The lowest BCUT2D eigenvalue weighted by Crippen LogP contribution is -2.49. The molecule has 3 fully saturated rings. The molecule has 7 rings (SSSR count). The molecule has 3 heterocycles. The molecule has 4 aliphatic carbocycles. The molecule has 1 saturated heterocycles. The van der Waals surface area contributed by atoms with Gasteiger partial charge in [0.05, 0.1) is 27.4 Å². The highest BCUT2D eigenvalue weighted by Crippen LogP contribution is 2.66. The van der Waals surface area contributed by atoms with Gasteiger partial charge in [0, 0.05) is 43.5 Å². The third-order valence-corrected chi connectivity index (χ3v) is 19.8. The van der Waals surface area contributed by atoms with E-state index < -0.39 is 84.6 Å². The second kappa shape index (κ2) is 23.0. The van der Waals surface area contributed by atoms with Crippen LogP contribution in [0.25, 0.3) is 11.2 Å². The van der Waals surface area contributed by atoms with Gasteiger partial charge in [0.2, 0.25) is 11.8 Å². The number of phosphoric acid groups is 3. The van der Waals surface area contributed by atoms with Crippen molar-refractivity contribution in [2.75, 3.05) is 37.8 Å². The van der Waals surface area contributed by atoms with Gasteiger partial charge in [-0.05, 0) is 90.6 Å². The van der Waals surface area contributed by atoms with E-state index in [2.05, 4.69) is 76.4 Å². The van der Waals surface area contributed by atoms with Crippen LogP contribution < -0.4 is 35.9 Å². The average molecular weight is 1120 g/mol. The molecule has 2 saturated carbocycles. The second-order valence-electron chi connectivity index (χ2n) is 21.1. The van der Waals surface area contributed by atoms with E-state index >= 15 is 0 Å². The molecule has 14 atom stereocenters. The first-order valence-corrected chi connectivity index (χ1v) is 29.8. The molecule has 6 N–H and O–H groups in total. The topological polar surface area (TPSA) is 392 Å². The molecule has 2 unspecified atom stereocenters. The monoisotopic (exact) mass is 1120 g/mol. The van der Waals surface area contributed by atoms with Crippen molar-refractivity contribution in [3.05, 3.63) is 36.5 Å². The number of nitrogens with two attached hydrogens (primary N) is 1. The number of aliphatic hydroxyl groups excluding tert-OH is 2. The van der Waals surface area contributed by atoms with Gasteiger partial charge in [-0.1, -0.05) is 58.5 Å². The van der Waals surface area contributed by atoms with Gasteiger partial charge in [-0.3, -0.25) is 32.9 Å². The maximum atomic E-state index is 12.9. The van der Waals surface area contributed by atoms with E-state index in [1.807, 2.05) is 6.08 Å². The number of hydrogen-bond donors (Lipinski definition) is 5. The molecular weight excluding hydrogens is 1050 g/mol. The van der Waals surface area contributed by atoms with Crippen molar-refractivity contribution in [3.8, 4) is 0 Å². The van der Waals surface area contributed by atoms with E-state index in [4.69, 9.17) is 10.5 Å². The maximum Gasteiger partial charge on any atom is 0.274 e. The zero-order valence-electron chi connectivity index (χ0n) is 41.6. The Kier molecular flexibility index (Phi) is 18.1. The van der Waals surface area contributed by atoms with E-state index in [0.717, 1.165) is 61.1 Å². The molecule has 0 bridgehead atoms. The predicted molar refractivity (Wildman–Crippen MR) is 257 cm³/mol. The summed E-state index contributed by atoms with van der Waals surface area (Å²) in [7, 11) is -17.7. The molecule has 2 aromatic heterocycles. The lowest BCUT2D eigenvalue weighted by Gasteiger charge is -2.56. The first-order valence-electron chi connectivity index (χ1n) is 24.4. The molecule has 5 aliphatic rings. The number of carbonyl (C=O) groups excluding carboxylic acids is 4. The van der Waals surface area contributed by atoms with Crippen molar-refractivity contribution < 1.29 is 85.3 Å². The maximum absolute atomic E-state index is 12.9. The summed E-state index contributed by atoms with van der Waals surface area (Å²) < 4.78 is 61.1. The number of rotatable bonds is 23. The predicted octanol–water partition coefficient (Wildman–Crippen LogP) is 1.48. The number of aliphatic hydroxyl groups is 2. The van der Waals surface area contributed by atoms with Gasteiger partial charge in [-0.2, -0.15) is 0 Å². The normalized spacial score (nSPS) is 31.3. The van der Waals surface area contributed by atoms with Crippen molar-refractivity contribution in [1.29, 1.82) is 0 Å². The SMILES string of the molecule is C[C@H](CCC(=O)SCCNC(=O)CCNC(=O)[C@H](O)C(C)(C)COP(=O)([O-])OP(=O)([O-])OC[C@H]1O[C@@H](n2cnc3c(N)ncnc32)[C@H](O)[C@@H]1OP(=O)([O-])[O-])[C@H]1CC[C@H]2[C@@H]3C=CC4=CC(=O)CC[C@]4(C)[C@H]3CC[C@]12C. The smallest absolute Gasteiger partial charge is 0.274 e. The number of carbonyl (C=O) groups is 4. The summed E-state index contributed by atoms with van der Waals surface area (Å²) >= 11 is 1.15. The number of nitrogens with one attached hydrogen (secondary N) is 2. The zero-order valence-corrected chi connectivity index (χ0v) is 45.1. The van der Waals surface area contributed by atoms with E-state index in [1.54, 1.807) is 0 Å². The molecule has 25 nitrogen and oxygen atoms in total. The van der Waals surface area contributed by atoms with E-state index in [9.17, 15) is 62.7 Å². The quantitative estimate of drug-likeness (QED) is 0.0777. The summed E-state index contributed by atoms with van der Waals surface area (Å²) in [4.78, 5) is 110. The highest BCUT2D eigenvalue weighted by Gasteiger charge is 2.58. The Hall–Kier alpha value is -3.29. The average Bonchev–Trinajstić information content (AvgIpc) is 4.00. The number of ether oxygens (including phenoxy) is 1. The van der Waals surface area contributed by atoms with Gasteiger partial charge in [0.15, 0.2) is 28.6 Å². The fourth-order valence-electron chi connectivity index (χ4n) is 11.9. The molecule has 2 amide bonds. The summed E-state index contributed by atoms with van der Waals surface area (Å²) in [6.45, 7) is 7.19. The van der Waals surface area contributed by atoms with Crippen LogP contribution >= 0.6 is 35.2 Å². The molecule has 29 heteroatoms. The number of nitrogens with zero attached hydrogens (tertiary/aromatic N) is 4. The highest BCUT2D eigenvalue weighted by molar-refractivity contribution is 8.13. The van der Waals surface area contributed by atoms with Crippen LogP contribution in [0.15, 0.2) is 36.5 Å². The standard InChI is InChI=1S/C45H68N7O18P3S/c1-25(29-9-10-30-28-8-7-26-20-27(53)12-15-44(26,4)31(28)13-16-45(29,30)5)6-11-34(55)74-19-18-47-33(54)14-17-48-41(58)38(57)43(2,3)22-67-73(64,65)70-72(62,63)66-21-32-37(69-71(59,60)61)36(56)42(68-32)52-24-51-35-39(46)49-23-50-40(35)52/h7-8,20,23-25,28-32,36-38,42,56-57H,6,9-19,21-22H2,1-5H3,(H,47,54)(H,48,58)(H,62,63)(H,64,65)(H2,46,49,50)(H2,59,60,61)/p-4/t25-,28+,29-,30+,31+,32-,36-,37-,38+,42-,44+,45-/m1/s1. The van der Waals surface area contributed by atoms with Gasteiger partial charge in [0.25, 0.3) is 15.6 Å². The number of anilines is 1. The molecule has 2 aromatic rings. The number of fused-ring (bicyclic) bond motifs is 6.